The molecular formula is C16H22N2O2S. The second kappa shape index (κ2) is 6.45. The van der Waals surface area contributed by atoms with Crippen molar-refractivity contribution in [3.63, 3.8) is 0 Å². The molecule has 1 unspecified atom stereocenters. The van der Waals surface area contributed by atoms with E-state index in [2.05, 4.69) is 16.7 Å². The third-order valence-electron chi connectivity index (χ3n) is 3.58. The summed E-state index contributed by atoms with van der Waals surface area (Å²) in [6.07, 6.45) is 0.194. The number of hydrogen-bond donors (Lipinski definition) is 1. The summed E-state index contributed by atoms with van der Waals surface area (Å²) in [5, 5.41) is 12.3. The average molecular weight is 306 g/mol. The highest BCUT2D eigenvalue weighted by atomic mass is 32.1. The molecule has 21 heavy (non-hydrogen) atoms. The number of nitrogens with zero attached hydrogens (tertiary/aromatic N) is 2. The van der Waals surface area contributed by atoms with E-state index >= 15 is 0 Å². The van der Waals surface area contributed by atoms with Crippen LogP contribution in [0.1, 0.15) is 35.1 Å². The SMILES string of the molecule is Cc1ccc(C)n1-c1sccc1C(=O)N(C)CCC(C)O. The Hall–Kier alpha value is -1.59. The minimum absolute atomic E-state index is 0.000556. The van der Waals surface area contributed by atoms with Crippen LogP contribution >= 0.6 is 11.3 Å². The second-order valence-electron chi connectivity index (χ2n) is 5.46. The van der Waals surface area contributed by atoms with Gasteiger partial charge in [0.15, 0.2) is 0 Å². The van der Waals surface area contributed by atoms with Gasteiger partial charge in [0, 0.05) is 25.0 Å². The van der Waals surface area contributed by atoms with Crippen molar-refractivity contribution in [3.05, 3.63) is 40.5 Å². The number of aliphatic hydroxyl groups is 1. The van der Waals surface area contributed by atoms with E-state index in [-0.39, 0.29) is 5.91 Å². The number of amides is 1. The Morgan fingerprint density at radius 1 is 1.33 bits per heavy atom. The first-order valence-electron chi connectivity index (χ1n) is 7.08. The van der Waals surface area contributed by atoms with E-state index in [4.69, 9.17) is 0 Å². The van der Waals surface area contributed by atoms with Gasteiger partial charge in [-0.15, -0.1) is 11.3 Å². The maximum atomic E-state index is 12.6. The Balaban J connectivity index is 2.26. The molecule has 5 heteroatoms. The van der Waals surface area contributed by atoms with Gasteiger partial charge in [-0.3, -0.25) is 4.79 Å². The van der Waals surface area contributed by atoms with Crippen molar-refractivity contribution in [2.75, 3.05) is 13.6 Å². The Kier molecular flexibility index (Phi) is 4.85. The first-order chi connectivity index (χ1) is 9.91. The van der Waals surface area contributed by atoms with Gasteiger partial charge in [0.25, 0.3) is 5.91 Å². The molecule has 1 N–H and O–H groups in total. The molecule has 0 aliphatic carbocycles. The standard InChI is InChI=1S/C16H22N2O2S/c1-11-5-6-12(2)18(11)16-14(8-10-21-16)15(20)17(4)9-7-13(3)19/h5-6,8,10,13,19H,7,9H2,1-4H3. The Labute approximate surface area is 129 Å². The molecule has 2 aromatic heterocycles. The van der Waals surface area contributed by atoms with Gasteiger partial charge in [-0.05, 0) is 50.8 Å². The molecule has 1 atom stereocenters. The lowest BCUT2D eigenvalue weighted by Crippen LogP contribution is -2.29. The number of hydrogen-bond acceptors (Lipinski definition) is 3. The van der Waals surface area contributed by atoms with Crippen molar-refractivity contribution in [1.29, 1.82) is 0 Å². The molecule has 0 saturated heterocycles. The summed E-state index contributed by atoms with van der Waals surface area (Å²) in [5.41, 5.74) is 2.96. The van der Waals surface area contributed by atoms with Crippen LogP contribution in [0.15, 0.2) is 23.6 Å². The minimum Gasteiger partial charge on any atom is -0.393 e. The van der Waals surface area contributed by atoms with E-state index in [1.54, 1.807) is 30.2 Å². The third kappa shape index (κ3) is 3.36. The zero-order chi connectivity index (χ0) is 15.6. The number of carbonyl (C=O) groups is 1. The molecule has 1 amide bonds. The molecular weight excluding hydrogens is 284 g/mol. The molecule has 2 heterocycles. The first-order valence-corrected chi connectivity index (χ1v) is 7.96. The fourth-order valence-corrected chi connectivity index (χ4v) is 3.32. The lowest BCUT2D eigenvalue weighted by molar-refractivity contribution is 0.0769. The molecule has 0 aliphatic rings. The number of aromatic nitrogens is 1. The summed E-state index contributed by atoms with van der Waals surface area (Å²) in [6, 6.07) is 5.99. The van der Waals surface area contributed by atoms with E-state index in [1.165, 1.54) is 0 Å². The minimum atomic E-state index is -0.392. The van der Waals surface area contributed by atoms with Crippen LogP contribution in [0.3, 0.4) is 0 Å². The van der Waals surface area contributed by atoms with Crippen LogP contribution in [0.5, 0.6) is 0 Å². The van der Waals surface area contributed by atoms with Gasteiger partial charge in [0.1, 0.15) is 5.00 Å². The summed E-state index contributed by atoms with van der Waals surface area (Å²) >= 11 is 1.57. The van der Waals surface area contributed by atoms with Gasteiger partial charge < -0.3 is 14.6 Å². The Morgan fingerprint density at radius 2 is 1.95 bits per heavy atom. The molecule has 0 radical (unpaired) electrons. The fourth-order valence-electron chi connectivity index (χ4n) is 2.31. The third-order valence-corrected chi connectivity index (χ3v) is 4.48. The molecule has 2 aromatic rings. The van der Waals surface area contributed by atoms with Gasteiger partial charge in [-0.1, -0.05) is 0 Å². The number of thiophene rings is 1. The second-order valence-corrected chi connectivity index (χ2v) is 6.35. The van der Waals surface area contributed by atoms with Crippen LogP contribution in [-0.4, -0.2) is 40.2 Å². The summed E-state index contributed by atoms with van der Waals surface area (Å²) in [7, 11) is 1.78. The highest BCUT2D eigenvalue weighted by Crippen LogP contribution is 2.26. The molecule has 0 fully saturated rings. The fraction of sp³-hybridized carbons (Fsp3) is 0.438. The van der Waals surface area contributed by atoms with Gasteiger partial charge >= 0.3 is 0 Å². The number of aryl methyl sites for hydroxylation is 2. The number of aliphatic hydroxyl groups excluding tert-OH is 1. The zero-order valence-electron chi connectivity index (χ0n) is 13.0. The van der Waals surface area contributed by atoms with Gasteiger partial charge in [0.05, 0.1) is 11.7 Å². The van der Waals surface area contributed by atoms with Crippen LogP contribution in [0, 0.1) is 13.8 Å². The van der Waals surface area contributed by atoms with Crippen molar-refractivity contribution in [1.82, 2.24) is 9.47 Å². The molecule has 0 spiro atoms. The largest absolute Gasteiger partial charge is 0.393 e. The van der Waals surface area contributed by atoms with Crippen molar-refractivity contribution in [3.8, 4) is 5.00 Å². The van der Waals surface area contributed by atoms with Crippen LogP contribution in [-0.2, 0) is 0 Å². The van der Waals surface area contributed by atoms with E-state index in [0.29, 0.717) is 13.0 Å². The summed E-state index contributed by atoms with van der Waals surface area (Å²) in [6.45, 7) is 6.37. The van der Waals surface area contributed by atoms with Crippen LogP contribution in [0.2, 0.25) is 0 Å². The highest BCUT2D eigenvalue weighted by molar-refractivity contribution is 7.13. The van der Waals surface area contributed by atoms with E-state index in [1.807, 2.05) is 25.3 Å². The lowest BCUT2D eigenvalue weighted by atomic mass is 10.2. The maximum absolute atomic E-state index is 12.6. The van der Waals surface area contributed by atoms with Crippen LogP contribution < -0.4 is 0 Å². The van der Waals surface area contributed by atoms with E-state index < -0.39 is 6.10 Å². The zero-order valence-corrected chi connectivity index (χ0v) is 13.8. The van der Waals surface area contributed by atoms with Gasteiger partial charge in [0.2, 0.25) is 0 Å². The molecule has 0 saturated carbocycles. The van der Waals surface area contributed by atoms with E-state index in [0.717, 1.165) is 22.0 Å². The normalized spacial score (nSPS) is 12.4. The van der Waals surface area contributed by atoms with Crippen molar-refractivity contribution in [2.24, 2.45) is 0 Å². The van der Waals surface area contributed by atoms with Gasteiger partial charge in [-0.25, -0.2) is 0 Å². The maximum Gasteiger partial charge on any atom is 0.256 e. The quantitative estimate of drug-likeness (QED) is 0.923. The van der Waals surface area contributed by atoms with Crippen molar-refractivity contribution < 1.29 is 9.90 Å². The van der Waals surface area contributed by atoms with Gasteiger partial charge in [-0.2, -0.15) is 0 Å². The molecule has 0 aliphatic heterocycles. The van der Waals surface area contributed by atoms with E-state index in [9.17, 15) is 9.90 Å². The Bertz CT molecular complexity index is 609. The summed E-state index contributed by atoms with van der Waals surface area (Å²) < 4.78 is 2.11. The summed E-state index contributed by atoms with van der Waals surface area (Å²) in [4.78, 5) is 14.3. The van der Waals surface area contributed by atoms with Crippen LogP contribution in [0.4, 0.5) is 0 Å². The van der Waals surface area contributed by atoms with Crippen molar-refractivity contribution in [2.45, 2.75) is 33.3 Å². The number of carbonyl (C=O) groups excluding carboxylic acids is 1. The predicted octanol–water partition coefficient (Wildman–Crippen LogP) is 3.00. The summed E-state index contributed by atoms with van der Waals surface area (Å²) in [5.74, 6) is -0.000556. The molecule has 2 rings (SSSR count). The lowest BCUT2D eigenvalue weighted by Gasteiger charge is -2.19. The highest BCUT2D eigenvalue weighted by Gasteiger charge is 2.19. The molecule has 4 nitrogen and oxygen atoms in total. The Morgan fingerprint density at radius 3 is 2.52 bits per heavy atom. The first kappa shape index (κ1) is 15.8. The monoisotopic (exact) mass is 306 g/mol. The predicted molar refractivity (Wildman–Crippen MR) is 86.4 cm³/mol. The number of rotatable bonds is 5. The van der Waals surface area contributed by atoms with Crippen LogP contribution in [0.25, 0.3) is 5.00 Å². The smallest absolute Gasteiger partial charge is 0.256 e. The topological polar surface area (TPSA) is 45.5 Å². The molecule has 0 bridgehead atoms. The average Bonchev–Trinajstić information content (AvgIpc) is 3.02. The molecule has 114 valence electrons. The van der Waals surface area contributed by atoms with Crippen molar-refractivity contribution >= 4 is 17.2 Å². The molecule has 0 aromatic carbocycles.